The Balaban J connectivity index is 1.79. The number of likely N-dealkylation sites (N-methyl/N-ethyl adjacent to an activating group) is 1. The molecule has 0 spiro atoms. The fourth-order valence-corrected chi connectivity index (χ4v) is 2.83. The van der Waals surface area contributed by atoms with Gasteiger partial charge in [0.15, 0.2) is 5.78 Å². The van der Waals surface area contributed by atoms with Crippen LogP contribution in [0, 0.1) is 0 Å². The van der Waals surface area contributed by atoms with Crippen LogP contribution in [-0.4, -0.2) is 54.7 Å². The first-order valence-electron chi connectivity index (χ1n) is 7.26. The van der Waals surface area contributed by atoms with Gasteiger partial charge in [0.05, 0.1) is 5.60 Å². The summed E-state index contributed by atoms with van der Waals surface area (Å²) in [4.78, 5) is 14.1. The van der Waals surface area contributed by atoms with Gasteiger partial charge in [-0.2, -0.15) is 0 Å². The van der Waals surface area contributed by atoms with E-state index < -0.39 is 5.60 Å². The fourth-order valence-electron chi connectivity index (χ4n) is 2.56. The number of hydrogen-bond donors (Lipinski definition) is 1. The number of hydrogen-bond acceptors (Lipinski definition) is 4. The third-order valence-corrected chi connectivity index (χ3v) is 4.40. The molecule has 0 saturated carbocycles. The highest BCUT2D eigenvalue weighted by Gasteiger charge is 2.30. The van der Waals surface area contributed by atoms with Crippen molar-refractivity contribution in [2.75, 3.05) is 33.4 Å². The van der Waals surface area contributed by atoms with E-state index in [1.807, 2.05) is 36.2 Å². The van der Waals surface area contributed by atoms with Crippen LogP contribution in [0.15, 0.2) is 28.7 Å². The van der Waals surface area contributed by atoms with E-state index in [0.29, 0.717) is 45.6 Å². The van der Waals surface area contributed by atoms with Gasteiger partial charge < -0.3 is 14.7 Å². The van der Waals surface area contributed by atoms with Crippen molar-refractivity contribution in [3.63, 3.8) is 0 Å². The van der Waals surface area contributed by atoms with Crippen LogP contribution in [0.25, 0.3) is 0 Å². The molecule has 0 atom stereocenters. The molecule has 4 nitrogen and oxygen atoms in total. The molecule has 1 aliphatic rings. The van der Waals surface area contributed by atoms with Crippen molar-refractivity contribution in [3.05, 3.63) is 34.3 Å². The molecule has 0 aliphatic carbocycles. The van der Waals surface area contributed by atoms with Crippen molar-refractivity contribution in [2.24, 2.45) is 0 Å². The second-order valence-electron chi connectivity index (χ2n) is 5.75. The first-order chi connectivity index (χ1) is 9.98. The minimum absolute atomic E-state index is 0.133. The fraction of sp³-hybridized carbons (Fsp3) is 0.562. The van der Waals surface area contributed by atoms with E-state index in [1.165, 1.54) is 0 Å². The van der Waals surface area contributed by atoms with Gasteiger partial charge in [-0.25, -0.2) is 0 Å². The molecule has 2 rings (SSSR count). The molecule has 116 valence electrons. The molecule has 1 aliphatic heterocycles. The SMILES string of the molecule is CN(CCC(=O)c1ccc(Br)cc1)CC1(O)CCOCC1. The van der Waals surface area contributed by atoms with Crippen molar-refractivity contribution < 1.29 is 14.6 Å². The summed E-state index contributed by atoms with van der Waals surface area (Å²) in [6.07, 6.45) is 1.79. The lowest BCUT2D eigenvalue weighted by Crippen LogP contribution is -2.46. The Morgan fingerprint density at radius 1 is 1.33 bits per heavy atom. The van der Waals surface area contributed by atoms with Gasteiger partial charge >= 0.3 is 0 Å². The lowest BCUT2D eigenvalue weighted by Gasteiger charge is -2.35. The summed E-state index contributed by atoms with van der Waals surface area (Å²) in [6.45, 7) is 2.46. The normalized spacial score (nSPS) is 17.9. The van der Waals surface area contributed by atoms with Crippen LogP contribution >= 0.6 is 15.9 Å². The molecule has 1 aromatic carbocycles. The lowest BCUT2D eigenvalue weighted by atomic mass is 9.94. The Morgan fingerprint density at radius 2 is 1.95 bits per heavy atom. The Labute approximate surface area is 134 Å². The number of carbonyl (C=O) groups is 1. The number of carbonyl (C=O) groups excluding carboxylic acids is 1. The Kier molecular flexibility index (Phi) is 5.93. The topological polar surface area (TPSA) is 49.8 Å². The summed E-state index contributed by atoms with van der Waals surface area (Å²) >= 11 is 3.36. The van der Waals surface area contributed by atoms with Crippen molar-refractivity contribution in [2.45, 2.75) is 24.9 Å². The summed E-state index contributed by atoms with van der Waals surface area (Å²) in [5.74, 6) is 0.133. The maximum Gasteiger partial charge on any atom is 0.164 e. The quantitative estimate of drug-likeness (QED) is 0.796. The number of nitrogens with zero attached hydrogens (tertiary/aromatic N) is 1. The highest BCUT2D eigenvalue weighted by molar-refractivity contribution is 9.10. The Bertz CT molecular complexity index is 469. The molecule has 1 N–H and O–H groups in total. The average molecular weight is 356 g/mol. The zero-order valence-electron chi connectivity index (χ0n) is 12.3. The maximum absolute atomic E-state index is 12.1. The van der Waals surface area contributed by atoms with E-state index in [2.05, 4.69) is 15.9 Å². The number of Topliss-reactive ketones (excluding diaryl/α,β-unsaturated/α-hetero) is 1. The van der Waals surface area contributed by atoms with Gasteiger partial charge in [-0.1, -0.05) is 28.1 Å². The highest BCUT2D eigenvalue weighted by atomic mass is 79.9. The third kappa shape index (κ3) is 5.18. The van der Waals surface area contributed by atoms with E-state index in [9.17, 15) is 9.90 Å². The predicted molar refractivity (Wildman–Crippen MR) is 85.6 cm³/mol. The molecule has 1 aromatic rings. The first kappa shape index (κ1) is 16.6. The Hall–Kier alpha value is -0.750. The molecule has 21 heavy (non-hydrogen) atoms. The van der Waals surface area contributed by atoms with Gasteiger partial charge in [0, 0.05) is 55.6 Å². The largest absolute Gasteiger partial charge is 0.388 e. The zero-order chi connectivity index (χ0) is 15.3. The van der Waals surface area contributed by atoms with Gasteiger partial charge in [0.25, 0.3) is 0 Å². The van der Waals surface area contributed by atoms with Crippen molar-refractivity contribution in [3.8, 4) is 0 Å². The monoisotopic (exact) mass is 355 g/mol. The highest BCUT2D eigenvalue weighted by Crippen LogP contribution is 2.21. The van der Waals surface area contributed by atoms with Crippen LogP contribution in [0.5, 0.6) is 0 Å². The van der Waals surface area contributed by atoms with E-state index >= 15 is 0 Å². The van der Waals surface area contributed by atoms with E-state index in [1.54, 1.807) is 0 Å². The van der Waals surface area contributed by atoms with E-state index in [4.69, 9.17) is 4.74 Å². The van der Waals surface area contributed by atoms with E-state index in [0.717, 1.165) is 10.0 Å². The summed E-state index contributed by atoms with van der Waals surface area (Å²) < 4.78 is 6.25. The molecule has 0 aromatic heterocycles. The first-order valence-corrected chi connectivity index (χ1v) is 8.05. The van der Waals surface area contributed by atoms with Gasteiger partial charge in [-0.05, 0) is 19.2 Å². The number of benzene rings is 1. The molecular formula is C16H22BrNO3. The number of ketones is 1. The minimum atomic E-state index is -0.673. The van der Waals surface area contributed by atoms with Crippen LogP contribution in [0.1, 0.15) is 29.6 Å². The summed E-state index contributed by atoms with van der Waals surface area (Å²) in [5.41, 5.74) is 0.0598. The lowest BCUT2D eigenvalue weighted by molar-refractivity contribution is -0.0767. The van der Waals surface area contributed by atoms with Gasteiger partial charge in [-0.15, -0.1) is 0 Å². The van der Waals surface area contributed by atoms with Crippen LogP contribution < -0.4 is 0 Å². The van der Waals surface area contributed by atoms with Gasteiger partial charge in [0.2, 0.25) is 0 Å². The van der Waals surface area contributed by atoms with Crippen LogP contribution in [0.2, 0.25) is 0 Å². The minimum Gasteiger partial charge on any atom is -0.388 e. The zero-order valence-corrected chi connectivity index (χ0v) is 13.9. The van der Waals surface area contributed by atoms with Crippen LogP contribution in [-0.2, 0) is 4.74 Å². The second-order valence-corrected chi connectivity index (χ2v) is 6.67. The van der Waals surface area contributed by atoms with Crippen molar-refractivity contribution in [1.29, 1.82) is 0 Å². The van der Waals surface area contributed by atoms with Crippen LogP contribution in [0.3, 0.4) is 0 Å². The number of rotatable bonds is 6. The molecule has 0 bridgehead atoms. The summed E-state index contributed by atoms with van der Waals surface area (Å²) in [6, 6.07) is 7.42. The molecule has 1 saturated heterocycles. The second kappa shape index (κ2) is 7.49. The molecule has 5 heteroatoms. The number of aliphatic hydroxyl groups is 1. The van der Waals surface area contributed by atoms with Crippen LogP contribution in [0.4, 0.5) is 0 Å². The number of halogens is 1. The number of ether oxygens (including phenoxy) is 1. The van der Waals surface area contributed by atoms with Gasteiger partial charge in [0.1, 0.15) is 0 Å². The summed E-state index contributed by atoms with van der Waals surface area (Å²) in [7, 11) is 1.95. The third-order valence-electron chi connectivity index (χ3n) is 3.87. The molecule has 1 heterocycles. The van der Waals surface area contributed by atoms with E-state index in [-0.39, 0.29) is 5.78 Å². The molecule has 1 fully saturated rings. The molecular weight excluding hydrogens is 334 g/mol. The van der Waals surface area contributed by atoms with Gasteiger partial charge in [-0.3, -0.25) is 4.79 Å². The maximum atomic E-state index is 12.1. The predicted octanol–water partition coefficient (Wildman–Crippen LogP) is 2.50. The standard InChI is InChI=1S/C16H22BrNO3/c1-18(12-16(20)7-10-21-11-8-16)9-6-15(19)13-2-4-14(17)5-3-13/h2-5,20H,6-12H2,1H3. The molecule has 0 unspecified atom stereocenters. The van der Waals surface area contributed by atoms with Crippen molar-refractivity contribution in [1.82, 2.24) is 4.90 Å². The molecule has 0 radical (unpaired) electrons. The Morgan fingerprint density at radius 3 is 2.57 bits per heavy atom. The summed E-state index contributed by atoms with van der Waals surface area (Å²) in [5, 5.41) is 10.4. The van der Waals surface area contributed by atoms with Crippen molar-refractivity contribution >= 4 is 21.7 Å². The molecule has 0 amide bonds. The smallest absolute Gasteiger partial charge is 0.164 e. The average Bonchev–Trinajstić information content (AvgIpc) is 2.46.